The van der Waals surface area contributed by atoms with Gasteiger partial charge in [-0.3, -0.25) is 0 Å². The van der Waals surface area contributed by atoms with Gasteiger partial charge in [0, 0.05) is 65.3 Å². The summed E-state index contributed by atoms with van der Waals surface area (Å²) in [6.07, 6.45) is 0. The summed E-state index contributed by atoms with van der Waals surface area (Å²) < 4.78 is 0. The molecule has 0 saturated carbocycles. The van der Waals surface area contributed by atoms with Gasteiger partial charge in [0.2, 0.25) is 0 Å². The van der Waals surface area contributed by atoms with E-state index in [9.17, 15) is 20.4 Å². The summed E-state index contributed by atoms with van der Waals surface area (Å²) >= 11 is 0. The number of phenolic OH excluding ortho intramolecular Hbond substituents is 4. The van der Waals surface area contributed by atoms with Crippen molar-refractivity contribution >= 4 is 64.6 Å². The van der Waals surface area contributed by atoms with Crippen molar-refractivity contribution in [1.29, 1.82) is 0 Å². The lowest BCUT2D eigenvalue weighted by atomic mass is 9.77. The van der Waals surface area contributed by atoms with E-state index >= 15 is 0 Å². The van der Waals surface area contributed by atoms with E-state index in [0.717, 1.165) is 115 Å². The van der Waals surface area contributed by atoms with Gasteiger partial charge in [-0.05, 0) is 131 Å². The monoisotopic (exact) mass is 822 g/mol. The highest BCUT2D eigenvalue weighted by atomic mass is 16.3. The number of hydrogen-bond acceptors (Lipinski definition) is 4. The van der Waals surface area contributed by atoms with Gasteiger partial charge in [-0.1, -0.05) is 128 Å². The maximum Gasteiger partial charge on any atom is 0.127 e. The second-order valence-corrected chi connectivity index (χ2v) is 23.4. The Hall–Kier alpha value is -5.74. The summed E-state index contributed by atoms with van der Waals surface area (Å²) in [7, 11) is 0. The molecule has 9 aromatic carbocycles. The molecule has 4 nitrogen and oxygen atoms in total. The van der Waals surface area contributed by atoms with Gasteiger partial charge in [-0.25, -0.2) is 0 Å². The zero-order chi connectivity index (χ0) is 45.1. The molecule has 0 spiro atoms. The molecule has 9 rings (SSSR count). The maximum atomic E-state index is 12.3. The van der Waals surface area contributed by atoms with Crippen LogP contribution in [-0.2, 0) is 27.1 Å². The van der Waals surface area contributed by atoms with E-state index in [-0.39, 0.29) is 50.1 Å². The predicted octanol–water partition coefficient (Wildman–Crippen LogP) is 16.1. The van der Waals surface area contributed by atoms with Crippen LogP contribution in [0.4, 0.5) is 0 Å². The molecule has 9 aromatic rings. The molecular formula is C58H62O4. The molecule has 4 heteroatoms. The molecule has 62 heavy (non-hydrogen) atoms. The number of phenols is 4. The van der Waals surface area contributed by atoms with Crippen LogP contribution in [0.2, 0.25) is 0 Å². The first kappa shape index (κ1) is 41.6. The van der Waals surface area contributed by atoms with Crippen LogP contribution in [-0.4, -0.2) is 20.4 Å². The van der Waals surface area contributed by atoms with Crippen molar-refractivity contribution in [3.05, 3.63) is 107 Å². The van der Waals surface area contributed by atoms with Crippen LogP contribution >= 0.6 is 0 Å². The van der Waals surface area contributed by atoms with Gasteiger partial charge in [-0.15, -0.1) is 0 Å². The second-order valence-electron chi connectivity index (χ2n) is 23.4. The predicted molar refractivity (Wildman–Crippen MR) is 265 cm³/mol. The minimum atomic E-state index is -0.351. The average Bonchev–Trinajstić information content (AvgIpc) is 3.15. The molecule has 0 unspecified atom stereocenters. The Balaban J connectivity index is 1.49. The van der Waals surface area contributed by atoms with Gasteiger partial charge in [-0.2, -0.15) is 0 Å². The molecule has 0 heterocycles. The molecule has 0 atom stereocenters. The summed E-state index contributed by atoms with van der Waals surface area (Å²) in [5, 5.41) is 59.6. The fourth-order valence-electron chi connectivity index (χ4n) is 10.1. The topological polar surface area (TPSA) is 80.9 Å². The molecule has 0 aliphatic carbocycles. The van der Waals surface area contributed by atoms with E-state index in [1.807, 2.05) is 12.1 Å². The third kappa shape index (κ3) is 6.15. The minimum Gasteiger partial charge on any atom is -0.507 e. The summed E-state index contributed by atoms with van der Waals surface area (Å²) in [5.74, 6) is 1.07. The van der Waals surface area contributed by atoms with Crippen LogP contribution in [0.25, 0.3) is 86.9 Å². The molecule has 0 amide bonds. The minimum absolute atomic E-state index is 0.254. The molecular weight excluding hydrogens is 761 g/mol. The smallest absolute Gasteiger partial charge is 0.127 e. The van der Waals surface area contributed by atoms with Crippen molar-refractivity contribution in [3.63, 3.8) is 0 Å². The Morgan fingerprint density at radius 2 is 0.613 bits per heavy atom. The van der Waals surface area contributed by atoms with E-state index in [1.165, 1.54) is 0 Å². The lowest BCUT2D eigenvalue weighted by Gasteiger charge is -2.28. The molecule has 0 aromatic heterocycles. The van der Waals surface area contributed by atoms with Crippen LogP contribution in [0, 0.1) is 0 Å². The third-order valence-electron chi connectivity index (χ3n) is 13.6. The molecule has 0 aliphatic rings. The quantitative estimate of drug-likeness (QED) is 0.131. The largest absolute Gasteiger partial charge is 0.507 e. The molecule has 0 saturated heterocycles. The first-order valence-electron chi connectivity index (χ1n) is 22.2. The highest BCUT2D eigenvalue weighted by Crippen LogP contribution is 2.54. The van der Waals surface area contributed by atoms with Gasteiger partial charge in [0.25, 0.3) is 0 Å². The third-order valence-corrected chi connectivity index (χ3v) is 13.6. The van der Waals surface area contributed by atoms with Gasteiger partial charge in [0.1, 0.15) is 23.0 Å². The Bertz CT molecular complexity index is 3110. The molecule has 4 N–H and O–H groups in total. The van der Waals surface area contributed by atoms with Gasteiger partial charge < -0.3 is 20.4 Å². The highest BCUT2D eigenvalue weighted by Gasteiger charge is 2.31. The molecule has 318 valence electrons. The van der Waals surface area contributed by atoms with Crippen LogP contribution in [0.3, 0.4) is 0 Å². The zero-order valence-electron chi connectivity index (χ0n) is 39.3. The number of benzene rings is 9. The van der Waals surface area contributed by atoms with E-state index in [2.05, 4.69) is 171 Å². The van der Waals surface area contributed by atoms with Crippen molar-refractivity contribution < 1.29 is 20.4 Å². The summed E-state index contributed by atoms with van der Waals surface area (Å²) in [6, 6.07) is 28.0. The Labute approximate surface area is 366 Å². The average molecular weight is 823 g/mol. The Morgan fingerprint density at radius 1 is 0.290 bits per heavy atom. The van der Waals surface area contributed by atoms with Crippen LogP contribution in [0.1, 0.15) is 132 Å². The van der Waals surface area contributed by atoms with Crippen molar-refractivity contribution in [2.24, 2.45) is 0 Å². The second kappa shape index (κ2) is 12.9. The number of rotatable bonds is 2. The van der Waals surface area contributed by atoms with Crippen molar-refractivity contribution in [3.8, 4) is 45.3 Å². The zero-order valence-corrected chi connectivity index (χ0v) is 39.3. The van der Waals surface area contributed by atoms with Gasteiger partial charge >= 0.3 is 0 Å². The van der Waals surface area contributed by atoms with Gasteiger partial charge in [0.05, 0.1) is 0 Å². The van der Waals surface area contributed by atoms with Crippen molar-refractivity contribution in [1.82, 2.24) is 0 Å². The van der Waals surface area contributed by atoms with E-state index < -0.39 is 0 Å². The lowest BCUT2D eigenvalue weighted by Crippen LogP contribution is -2.13. The first-order chi connectivity index (χ1) is 28.6. The van der Waals surface area contributed by atoms with Crippen LogP contribution < -0.4 is 0 Å². The van der Waals surface area contributed by atoms with Crippen molar-refractivity contribution in [2.45, 2.75) is 131 Å². The Kier molecular flexibility index (Phi) is 8.66. The fraction of sp³-hybridized carbons (Fsp3) is 0.345. The Morgan fingerprint density at radius 3 is 0.935 bits per heavy atom. The molecule has 0 bridgehead atoms. The van der Waals surface area contributed by atoms with E-state index in [1.54, 1.807) is 0 Å². The molecule has 0 radical (unpaired) electrons. The van der Waals surface area contributed by atoms with Gasteiger partial charge in [0.15, 0.2) is 0 Å². The number of hydrogen-bond donors (Lipinski definition) is 4. The normalized spacial score (nSPS) is 13.7. The first-order valence-corrected chi connectivity index (χ1v) is 22.2. The fourth-order valence-corrected chi connectivity index (χ4v) is 10.1. The summed E-state index contributed by atoms with van der Waals surface area (Å²) in [5.41, 5.74) is 6.94. The summed E-state index contributed by atoms with van der Waals surface area (Å²) in [6.45, 7) is 32.3. The number of aromatic hydroxyl groups is 4. The van der Waals surface area contributed by atoms with Crippen molar-refractivity contribution in [2.75, 3.05) is 0 Å². The van der Waals surface area contributed by atoms with E-state index in [0.29, 0.717) is 0 Å². The SMILES string of the molecule is CC(C)(C)c1cc(-c2cc3c(O)c(C(C)(C)C)cc4ccc5c(O)c(C(C)(C)C)cc2c5c43)cc(-c2cc3c(O)c(C(C)(C)C)cc4ccc5c(O)c(C(C)(C)C)cc2c5c43)c1. The summed E-state index contributed by atoms with van der Waals surface area (Å²) in [4.78, 5) is 0. The molecule has 0 aliphatic heterocycles. The van der Waals surface area contributed by atoms with Crippen LogP contribution in [0.15, 0.2) is 78.9 Å². The standard InChI is InChI=1S/C58H62O4/c1-54(2,3)33-21-31(36-25-40-46-29(23-42(52(40)61)55(4,5)6)16-18-34-48(46)38(36)27-44(50(34)59)57(10,11)12)20-32(22-33)37-26-41-47-30(24-43(53(41)62)56(7,8)9)17-19-35-49(47)39(37)28-45(51(35)60)58(13,14)15/h16-28,59-62H,1-15H3. The highest BCUT2D eigenvalue weighted by molar-refractivity contribution is 6.30. The lowest BCUT2D eigenvalue weighted by molar-refractivity contribution is 0.452. The van der Waals surface area contributed by atoms with Crippen LogP contribution in [0.5, 0.6) is 23.0 Å². The van der Waals surface area contributed by atoms with E-state index in [4.69, 9.17) is 0 Å². The molecule has 0 fully saturated rings. The maximum absolute atomic E-state index is 12.3.